The quantitative estimate of drug-likeness (QED) is 0.722. The monoisotopic (exact) mass is 255 g/mol. The minimum absolute atomic E-state index is 0.216. The molecular formula is C14H29N3O. The molecule has 1 heterocycles. The lowest BCUT2D eigenvalue weighted by Crippen LogP contribution is -2.44. The number of nitrogens with one attached hydrogen (secondary N) is 1. The highest BCUT2D eigenvalue weighted by molar-refractivity contribution is 5.76. The molecule has 0 spiro atoms. The van der Waals surface area contributed by atoms with E-state index in [1.807, 2.05) is 0 Å². The number of likely N-dealkylation sites (tertiary alicyclic amines) is 1. The first-order valence-electron chi connectivity index (χ1n) is 7.37. The summed E-state index contributed by atoms with van der Waals surface area (Å²) in [6, 6.07) is 0.394. The minimum Gasteiger partial charge on any atom is -0.353 e. The van der Waals surface area contributed by atoms with Crippen molar-refractivity contribution >= 4 is 5.91 Å². The second-order valence-corrected chi connectivity index (χ2v) is 5.50. The van der Waals surface area contributed by atoms with Crippen LogP contribution in [0.4, 0.5) is 0 Å². The van der Waals surface area contributed by atoms with Crippen molar-refractivity contribution in [2.75, 3.05) is 26.2 Å². The summed E-state index contributed by atoms with van der Waals surface area (Å²) < 4.78 is 0. The molecule has 4 heteroatoms. The van der Waals surface area contributed by atoms with Gasteiger partial charge in [0.15, 0.2) is 0 Å². The third kappa shape index (κ3) is 5.83. The Labute approximate surface area is 111 Å². The number of rotatable bonds is 7. The molecule has 1 atom stereocenters. The number of hydrogen-bond donors (Lipinski definition) is 2. The van der Waals surface area contributed by atoms with Crippen LogP contribution in [-0.4, -0.2) is 43.0 Å². The molecule has 3 N–H and O–H groups in total. The largest absolute Gasteiger partial charge is 0.353 e. The number of piperidine rings is 1. The lowest BCUT2D eigenvalue weighted by atomic mass is 10.0. The summed E-state index contributed by atoms with van der Waals surface area (Å²) in [5.41, 5.74) is 5.51. The van der Waals surface area contributed by atoms with Gasteiger partial charge in [-0.2, -0.15) is 0 Å². The van der Waals surface area contributed by atoms with Crippen LogP contribution in [0.15, 0.2) is 0 Å². The average molecular weight is 255 g/mol. The molecule has 0 aromatic rings. The van der Waals surface area contributed by atoms with E-state index in [1.54, 1.807) is 0 Å². The van der Waals surface area contributed by atoms with Crippen LogP contribution in [0.5, 0.6) is 0 Å². The lowest BCUT2D eigenvalue weighted by Gasteiger charge is -2.31. The highest BCUT2D eigenvalue weighted by atomic mass is 16.1. The molecule has 106 valence electrons. The van der Waals surface area contributed by atoms with Gasteiger partial charge in [-0.15, -0.1) is 0 Å². The number of amides is 1. The van der Waals surface area contributed by atoms with Crippen LogP contribution in [-0.2, 0) is 4.79 Å². The molecule has 1 aliphatic heterocycles. The van der Waals surface area contributed by atoms with Crippen LogP contribution in [0.25, 0.3) is 0 Å². The van der Waals surface area contributed by atoms with Gasteiger partial charge in [0.05, 0.1) is 0 Å². The van der Waals surface area contributed by atoms with E-state index in [-0.39, 0.29) is 5.91 Å². The van der Waals surface area contributed by atoms with Crippen molar-refractivity contribution in [3.05, 3.63) is 0 Å². The Bertz CT molecular complexity index is 237. The highest BCUT2D eigenvalue weighted by Gasteiger charge is 2.19. The number of carbonyl (C=O) groups is 1. The van der Waals surface area contributed by atoms with Gasteiger partial charge in [-0.05, 0) is 44.7 Å². The molecule has 18 heavy (non-hydrogen) atoms. The zero-order valence-electron chi connectivity index (χ0n) is 12.0. The van der Waals surface area contributed by atoms with Gasteiger partial charge in [-0.25, -0.2) is 0 Å². The van der Waals surface area contributed by atoms with Crippen LogP contribution in [0.1, 0.15) is 46.0 Å². The van der Waals surface area contributed by atoms with Crippen LogP contribution in [0.2, 0.25) is 0 Å². The molecule has 0 aromatic heterocycles. The zero-order valence-corrected chi connectivity index (χ0v) is 12.0. The van der Waals surface area contributed by atoms with Crippen molar-refractivity contribution in [3.8, 4) is 0 Å². The van der Waals surface area contributed by atoms with Gasteiger partial charge in [-0.1, -0.05) is 13.8 Å². The van der Waals surface area contributed by atoms with Crippen molar-refractivity contribution < 1.29 is 4.79 Å². The fourth-order valence-electron chi connectivity index (χ4n) is 2.50. The molecule has 0 radical (unpaired) electrons. The summed E-state index contributed by atoms with van der Waals surface area (Å²) in [7, 11) is 0. The Kier molecular flexibility index (Phi) is 7.28. The molecule has 1 unspecified atom stereocenters. The Morgan fingerprint density at radius 3 is 2.61 bits per heavy atom. The molecule has 1 rings (SSSR count). The Hall–Kier alpha value is -0.610. The Morgan fingerprint density at radius 1 is 1.39 bits per heavy atom. The minimum atomic E-state index is 0.216. The SMILES string of the molecule is CCN1CCC(NC(=O)CCC(C)CCN)CC1. The molecule has 1 aliphatic rings. The molecule has 1 saturated heterocycles. The lowest BCUT2D eigenvalue weighted by molar-refractivity contribution is -0.122. The molecule has 0 saturated carbocycles. The summed E-state index contributed by atoms with van der Waals surface area (Å²) in [6.45, 7) is 8.43. The second kappa shape index (κ2) is 8.48. The molecule has 0 aromatic carbocycles. The smallest absolute Gasteiger partial charge is 0.220 e. The number of carbonyl (C=O) groups excluding carboxylic acids is 1. The van der Waals surface area contributed by atoms with Gasteiger partial charge < -0.3 is 16.0 Å². The predicted molar refractivity (Wildman–Crippen MR) is 75.3 cm³/mol. The van der Waals surface area contributed by atoms with Gasteiger partial charge in [0.1, 0.15) is 0 Å². The maximum Gasteiger partial charge on any atom is 0.220 e. The van der Waals surface area contributed by atoms with Crippen molar-refractivity contribution in [2.45, 2.75) is 52.0 Å². The number of hydrogen-bond acceptors (Lipinski definition) is 3. The van der Waals surface area contributed by atoms with E-state index in [2.05, 4.69) is 24.1 Å². The third-order valence-electron chi connectivity index (χ3n) is 3.92. The first-order chi connectivity index (χ1) is 8.65. The van der Waals surface area contributed by atoms with Crippen molar-refractivity contribution in [2.24, 2.45) is 11.7 Å². The van der Waals surface area contributed by atoms with E-state index >= 15 is 0 Å². The average Bonchev–Trinajstić information content (AvgIpc) is 2.38. The summed E-state index contributed by atoms with van der Waals surface area (Å²) in [6.07, 6.45) is 4.81. The van der Waals surface area contributed by atoms with Gasteiger partial charge in [0, 0.05) is 25.6 Å². The first-order valence-corrected chi connectivity index (χ1v) is 7.37. The topological polar surface area (TPSA) is 58.4 Å². The van der Waals surface area contributed by atoms with E-state index in [0.717, 1.165) is 51.9 Å². The third-order valence-corrected chi connectivity index (χ3v) is 3.92. The first kappa shape index (κ1) is 15.4. The molecule has 0 bridgehead atoms. The summed E-state index contributed by atoms with van der Waals surface area (Å²) in [5, 5.41) is 3.16. The predicted octanol–water partition coefficient (Wildman–Crippen LogP) is 1.35. The number of nitrogens with zero attached hydrogens (tertiary/aromatic N) is 1. The standard InChI is InChI=1S/C14H29N3O/c1-3-17-10-7-13(8-11-17)16-14(18)5-4-12(2)6-9-15/h12-13H,3-11,15H2,1-2H3,(H,16,18). The molecular weight excluding hydrogens is 226 g/mol. The van der Waals surface area contributed by atoms with Gasteiger partial charge >= 0.3 is 0 Å². The summed E-state index contributed by atoms with van der Waals surface area (Å²) in [4.78, 5) is 14.3. The van der Waals surface area contributed by atoms with E-state index < -0.39 is 0 Å². The fraction of sp³-hybridized carbons (Fsp3) is 0.929. The van der Waals surface area contributed by atoms with E-state index in [1.165, 1.54) is 0 Å². The number of nitrogens with two attached hydrogens (primary N) is 1. The van der Waals surface area contributed by atoms with E-state index in [4.69, 9.17) is 5.73 Å². The maximum absolute atomic E-state index is 11.8. The Balaban J connectivity index is 2.13. The van der Waals surface area contributed by atoms with E-state index in [0.29, 0.717) is 18.4 Å². The Morgan fingerprint density at radius 2 is 2.06 bits per heavy atom. The summed E-state index contributed by atoms with van der Waals surface area (Å²) >= 11 is 0. The normalized spacial score (nSPS) is 19.7. The van der Waals surface area contributed by atoms with Crippen LogP contribution >= 0.6 is 0 Å². The fourth-order valence-corrected chi connectivity index (χ4v) is 2.50. The van der Waals surface area contributed by atoms with E-state index in [9.17, 15) is 4.79 Å². The maximum atomic E-state index is 11.8. The van der Waals surface area contributed by atoms with Crippen LogP contribution in [0, 0.1) is 5.92 Å². The van der Waals surface area contributed by atoms with Gasteiger partial charge in [0.2, 0.25) is 5.91 Å². The van der Waals surface area contributed by atoms with Crippen molar-refractivity contribution in [1.29, 1.82) is 0 Å². The van der Waals surface area contributed by atoms with Crippen LogP contribution in [0.3, 0.4) is 0 Å². The molecule has 1 amide bonds. The zero-order chi connectivity index (χ0) is 13.4. The molecule has 0 aliphatic carbocycles. The van der Waals surface area contributed by atoms with Gasteiger partial charge in [-0.3, -0.25) is 4.79 Å². The van der Waals surface area contributed by atoms with Crippen LogP contribution < -0.4 is 11.1 Å². The van der Waals surface area contributed by atoms with Crippen molar-refractivity contribution in [3.63, 3.8) is 0 Å². The van der Waals surface area contributed by atoms with Crippen molar-refractivity contribution in [1.82, 2.24) is 10.2 Å². The summed E-state index contributed by atoms with van der Waals surface area (Å²) in [5.74, 6) is 0.775. The highest BCUT2D eigenvalue weighted by Crippen LogP contribution is 2.12. The van der Waals surface area contributed by atoms with Gasteiger partial charge in [0.25, 0.3) is 0 Å². The second-order valence-electron chi connectivity index (χ2n) is 5.50. The molecule has 1 fully saturated rings. The molecule has 4 nitrogen and oxygen atoms in total.